The van der Waals surface area contributed by atoms with Crippen molar-refractivity contribution in [2.24, 2.45) is 0 Å². The summed E-state index contributed by atoms with van der Waals surface area (Å²) < 4.78 is 0. The van der Waals surface area contributed by atoms with Gasteiger partial charge in [-0.05, 0) is 24.0 Å². The van der Waals surface area contributed by atoms with E-state index in [1.54, 1.807) is 0 Å². The fourth-order valence-corrected chi connectivity index (χ4v) is 1.10. The molecule has 2 bridgehead atoms. The Balaban J connectivity index is 2.66. The Labute approximate surface area is 48.4 Å². The summed E-state index contributed by atoms with van der Waals surface area (Å²) in [6.07, 6.45) is 6.29. The predicted molar refractivity (Wildman–Crippen MR) is 31.6 cm³/mol. The van der Waals surface area contributed by atoms with Crippen LogP contribution in [-0.4, -0.2) is 4.98 Å². The summed E-state index contributed by atoms with van der Waals surface area (Å²) in [5, 5.41) is 0. The molecule has 0 fully saturated rings. The van der Waals surface area contributed by atoms with Crippen LogP contribution in [-0.2, 0) is 12.8 Å². The first-order valence-electron chi connectivity index (χ1n) is 2.88. The maximum atomic E-state index is 4.05. The molecule has 0 radical (unpaired) electrons. The molecule has 0 unspecified atom stereocenters. The number of hydrogen-bond donors (Lipinski definition) is 0. The zero-order valence-corrected chi connectivity index (χ0v) is 4.59. The highest BCUT2D eigenvalue weighted by Crippen LogP contribution is 2.13. The number of pyridine rings is 1. The van der Waals surface area contributed by atoms with Crippen molar-refractivity contribution in [2.45, 2.75) is 12.8 Å². The molecule has 1 nitrogen and oxygen atoms in total. The van der Waals surface area contributed by atoms with Crippen LogP contribution < -0.4 is 0 Å². The first kappa shape index (κ1) is 4.07. The number of fused-ring (bicyclic) bond motifs is 2. The lowest BCUT2D eigenvalue weighted by molar-refractivity contribution is 1.03. The van der Waals surface area contributed by atoms with Crippen LogP contribution >= 0.6 is 0 Å². The molecule has 0 saturated carbocycles. The molecule has 1 heteroatoms. The van der Waals surface area contributed by atoms with Crippen molar-refractivity contribution in [3.63, 3.8) is 0 Å². The molecule has 1 aliphatic carbocycles. The third-order valence-corrected chi connectivity index (χ3v) is 1.55. The van der Waals surface area contributed by atoms with Gasteiger partial charge in [0, 0.05) is 12.4 Å². The highest BCUT2D eigenvalue weighted by Gasteiger charge is 2.03. The molecule has 0 aliphatic heterocycles. The van der Waals surface area contributed by atoms with Gasteiger partial charge in [-0.1, -0.05) is 6.07 Å². The summed E-state index contributed by atoms with van der Waals surface area (Å²) in [5.41, 5.74) is 2.78. The van der Waals surface area contributed by atoms with Crippen molar-refractivity contribution in [3.05, 3.63) is 29.6 Å². The van der Waals surface area contributed by atoms with Gasteiger partial charge in [-0.25, -0.2) is 0 Å². The van der Waals surface area contributed by atoms with E-state index in [1.807, 2.05) is 12.4 Å². The molecular formula is C7H7N. The molecule has 1 aromatic rings. The second-order valence-corrected chi connectivity index (χ2v) is 2.20. The minimum atomic E-state index is 1.20. The SMILES string of the molecule is c1ncc2cc1CC2. The van der Waals surface area contributed by atoms with Crippen LogP contribution in [0.5, 0.6) is 0 Å². The normalized spacial score (nSPS) is 14.5. The smallest absolute Gasteiger partial charge is 0.0300 e. The first-order valence-corrected chi connectivity index (χ1v) is 2.88. The van der Waals surface area contributed by atoms with Gasteiger partial charge in [0.25, 0.3) is 0 Å². The Bertz CT molecular complexity index is 186. The summed E-state index contributed by atoms with van der Waals surface area (Å²) in [7, 11) is 0. The fourth-order valence-electron chi connectivity index (χ4n) is 1.10. The number of aryl methyl sites for hydroxylation is 2. The zero-order chi connectivity index (χ0) is 5.40. The van der Waals surface area contributed by atoms with E-state index in [1.165, 1.54) is 24.0 Å². The van der Waals surface area contributed by atoms with E-state index < -0.39 is 0 Å². The Morgan fingerprint density at radius 1 is 1.12 bits per heavy atom. The van der Waals surface area contributed by atoms with Gasteiger partial charge in [-0.3, -0.25) is 4.98 Å². The Hall–Kier alpha value is -0.850. The first-order chi connectivity index (χ1) is 3.95. The molecule has 8 heavy (non-hydrogen) atoms. The van der Waals surface area contributed by atoms with Gasteiger partial charge in [-0.2, -0.15) is 0 Å². The van der Waals surface area contributed by atoms with E-state index in [9.17, 15) is 0 Å². The third-order valence-electron chi connectivity index (χ3n) is 1.55. The topological polar surface area (TPSA) is 12.9 Å². The quantitative estimate of drug-likeness (QED) is 0.482. The van der Waals surface area contributed by atoms with Gasteiger partial charge in [-0.15, -0.1) is 0 Å². The Kier molecular flexibility index (Phi) is 0.668. The molecular weight excluding hydrogens is 98.1 g/mol. The average Bonchev–Trinajstić information content (AvgIpc) is 2.12. The van der Waals surface area contributed by atoms with Crippen molar-refractivity contribution in [1.82, 2.24) is 4.98 Å². The molecule has 1 heterocycles. The molecule has 0 N–H and O–H groups in total. The summed E-state index contributed by atoms with van der Waals surface area (Å²) >= 11 is 0. The third kappa shape index (κ3) is 0.443. The fraction of sp³-hybridized carbons (Fsp3) is 0.286. The van der Waals surface area contributed by atoms with E-state index in [4.69, 9.17) is 0 Å². The number of hydrogen-bond acceptors (Lipinski definition) is 1. The molecule has 1 aromatic heterocycles. The molecule has 0 aromatic carbocycles. The molecule has 0 saturated heterocycles. The van der Waals surface area contributed by atoms with Crippen molar-refractivity contribution in [3.8, 4) is 0 Å². The van der Waals surface area contributed by atoms with Gasteiger partial charge in [0.05, 0.1) is 0 Å². The number of nitrogens with zero attached hydrogens (tertiary/aromatic N) is 1. The Morgan fingerprint density at radius 3 is 2.25 bits per heavy atom. The highest BCUT2D eigenvalue weighted by molar-refractivity contribution is 5.25. The van der Waals surface area contributed by atoms with Crippen molar-refractivity contribution < 1.29 is 0 Å². The van der Waals surface area contributed by atoms with Crippen LogP contribution in [0.3, 0.4) is 0 Å². The minimum Gasteiger partial charge on any atom is -0.264 e. The molecule has 0 atom stereocenters. The highest BCUT2D eigenvalue weighted by atomic mass is 14.6. The van der Waals surface area contributed by atoms with Crippen molar-refractivity contribution in [2.75, 3.05) is 0 Å². The van der Waals surface area contributed by atoms with Crippen molar-refractivity contribution in [1.29, 1.82) is 0 Å². The lowest BCUT2D eigenvalue weighted by Gasteiger charge is -1.82. The van der Waals surface area contributed by atoms with Gasteiger partial charge in [0.15, 0.2) is 0 Å². The predicted octanol–water partition coefficient (Wildman–Crippen LogP) is 1.18. The molecule has 0 spiro atoms. The van der Waals surface area contributed by atoms with Crippen LogP contribution in [0.2, 0.25) is 0 Å². The van der Waals surface area contributed by atoms with Gasteiger partial charge in [0.1, 0.15) is 0 Å². The van der Waals surface area contributed by atoms with Crippen LogP contribution in [0, 0.1) is 0 Å². The van der Waals surface area contributed by atoms with Crippen molar-refractivity contribution >= 4 is 0 Å². The standard InChI is InChI=1S/C7H7N/c1-2-7-3-6(1)4-8-5-7/h3-5H,1-2H2. The van der Waals surface area contributed by atoms with Crippen LogP contribution in [0.4, 0.5) is 0 Å². The Morgan fingerprint density at radius 2 is 1.75 bits per heavy atom. The lowest BCUT2D eigenvalue weighted by atomic mass is 10.3. The minimum absolute atomic E-state index is 1.20. The van der Waals surface area contributed by atoms with E-state index >= 15 is 0 Å². The average molecular weight is 105 g/mol. The number of rotatable bonds is 0. The maximum absolute atomic E-state index is 4.05. The summed E-state index contributed by atoms with van der Waals surface area (Å²) in [6.45, 7) is 0. The van der Waals surface area contributed by atoms with Gasteiger partial charge >= 0.3 is 0 Å². The molecule has 2 rings (SSSR count). The summed E-state index contributed by atoms with van der Waals surface area (Å²) in [4.78, 5) is 4.05. The second-order valence-electron chi connectivity index (χ2n) is 2.20. The summed E-state index contributed by atoms with van der Waals surface area (Å²) in [5.74, 6) is 0. The molecule has 0 amide bonds. The van der Waals surface area contributed by atoms with E-state index in [0.717, 1.165) is 0 Å². The second kappa shape index (κ2) is 1.31. The maximum Gasteiger partial charge on any atom is 0.0300 e. The van der Waals surface area contributed by atoms with E-state index in [0.29, 0.717) is 0 Å². The van der Waals surface area contributed by atoms with E-state index in [-0.39, 0.29) is 0 Å². The van der Waals surface area contributed by atoms with Gasteiger partial charge < -0.3 is 0 Å². The zero-order valence-electron chi connectivity index (χ0n) is 4.59. The summed E-state index contributed by atoms with van der Waals surface area (Å²) in [6, 6.07) is 2.22. The monoisotopic (exact) mass is 105 g/mol. The van der Waals surface area contributed by atoms with Crippen LogP contribution in [0.1, 0.15) is 11.1 Å². The number of aromatic nitrogens is 1. The molecule has 40 valence electrons. The van der Waals surface area contributed by atoms with Gasteiger partial charge in [0.2, 0.25) is 0 Å². The van der Waals surface area contributed by atoms with Crippen LogP contribution in [0.25, 0.3) is 0 Å². The lowest BCUT2D eigenvalue weighted by Crippen LogP contribution is -1.72. The van der Waals surface area contributed by atoms with E-state index in [2.05, 4.69) is 11.1 Å². The molecule has 1 aliphatic rings. The largest absolute Gasteiger partial charge is 0.264 e. The van der Waals surface area contributed by atoms with Crippen LogP contribution in [0.15, 0.2) is 18.5 Å².